The number of carbonyl (C=O) groups excluding carboxylic acids is 2. The van der Waals surface area contributed by atoms with E-state index in [2.05, 4.69) is 5.32 Å². The molecule has 3 atom stereocenters. The van der Waals surface area contributed by atoms with Crippen molar-refractivity contribution in [3.05, 3.63) is 0 Å². The Balaban J connectivity index is 1.91. The van der Waals surface area contributed by atoms with Crippen molar-refractivity contribution in [1.29, 1.82) is 0 Å². The van der Waals surface area contributed by atoms with Gasteiger partial charge in [-0.05, 0) is 37.5 Å². The van der Waals surface area contributed by atoms with E-state index in [-0.39, 0.29) is 29.2 Å². The van der Waals surface area contributed by atoms with Gasteiger partial charge in [0.2, 0.25) is 11.8 Å². The number of likely N-dealkylation sites (tertiary alicyclic amines) is 1. The van der Waals surface area contributed by atoms with Gasteiger partial charge >= 0.3 is 5.97 Å². The molecule has 23 heavy (non-hydrogen) atoms. The zero-order chi connectivity index (χ0) is 17.2. The van der Waals surface area contributed by atoms with Crippen molar-refractivity contribution in [2.75, 3.05) is 6.54 Å². The molecule has 0 spiro atoms. The van der Waals surface area contributed by atoms with Crippen LogP contribution < -0.4 is 5.32 Å². The lowest BCUT2D eigenvalue weighted by Crippen LogP contribution is -2.49. The summed E-state index contributed by atoms with van der Waals surface area (Å²) < 4.78 is 0. The Morgan fingerprint density at radius 1 is 1.17 bits per heavy atom. The maximum atomic E-state index is 12.5. The summed E-state index contributed by atoms with van der Waals surface area (Å²) in [6, 6.07) is -0.475. The Morgan fingerprint density at radius 3 is 2.43 bits per heavy atom. The lowest BCUT2D eigenvalue weighted by Gasteiger charge is -2.28. The second kappa shape index (κ2) is 6.89. The quantitative estimate of drug-likeness (QED) is 0.825. The van der Waals surface area contributed by atoms with E-state index in [9.17, 15) is 14.4 Å². The summed E-state index contributed by atoms with van der Waals surface area (Å²) in [6.07, 6.45) is 3.77. The van der Waals surface area contributed by atoms with Crippen molar-refractivity contribution in [3.63, 3.8) is 0 Å². The molecule has 1 heterocycles. The SMILES string of the molecule is CC(C)(C)CC(=O)N1CCC[C@@H]1C(=O)N[C@@H]1CC[C@@H](C(=O)O)C1. The van der Waals surface area contributed by atoms with Gasteiger partial charge in [0.15, 0.2) is 0 Å². The van der Waals surface area contributed by atoms with E-state index >= 15 is 0 Å². The van der Waals surface area contributed by atoms with Gasteiger partial charge in [-0.25, -0.2) is 0 Å². The van der Waals surface area contributed by atoms with Crippen molar-refractivity contribution in [2.45, 2.75) is 71.4 Å². The Morgan fingerprint density at radius 2 is 1.87 bits per heavy atom. The van der Waals surface area contributed by atoms with E-state index in [1.54, 1.807) is 4.90 Å². The average molecular weight is 324 g/mol. The fourth-order valence-corrected chi connectivity index (χ4v) is 3.53. The zero-order valence-electron chi connectivity index (χ0n) is 14.3. The highest BCUT2D eigenvalue weighted by atomic mass is 16.4. The Hall–Kier alpha value is -1.59. The van der Waals surface area contributed by atoms with Crippen molar-refractivity contribution in [3.8, 4) is 0 Å². The number of aliphatic carboxylic acids is 1. The van der Waals surface area contributed by atoms with Gasteiger partial charge < -0.3 is 15.3 Å². The molecule has 2 amide bonds. The lowest BCUT2D eigenvalue weighted by molar-refractivity contribution is -0.141. The minimum atomic E-state index is -0.787. The summed E-state index contributed by atoms with van der Waals surface area (Å²) >= 11 is 0. The minimum absolute atomic E-state index is 0.0324. The van der Waals surface area contributed by atoms with Crippen LogP contribution in [0, 0.1) is 11.3 Å². The van der Waals surface area contributed by atoms with Crippen LogP contribution in [-0.4, -0.2) is 46.4 Å². The number of hydrogen-bond donors (Lipinski definition) is 2. The highest BCUT2D eigenvalue weighted by molar-refractivity contribution is 5.88. The van der Waals surface area contributed by atoms with Crippen molar-refractivity contribution in [1.82, 2.24) is 10.2 Å². The number of nitrogens with zero attached hydrogens (tertiary/aromatic N) is 1. The standard InChI is InChI=1S/C17H28N2O4/c1-17(2,3)10-14(20)19-8-4-5-13(19)15(21)18-12-7-6-11(9-12)16(22)23/h11-13H,4-10H2,1-3H3,(H,18,21)(H,22,23)/t11-,12-,13-/m1/s1. The first-order valence-corrected chi connectivity index (χ1v) is 8.50. The third-order valence-electron chi connectivity index (χ3n) is 4.69. The van der Waals surface area contributed by atoms with Crippen LogP contribution in [0.4, 0.5) is 0 Å². The van der Waals surface area contributed by atoms with E-state index in [1.165, 1.54) is 0 Å². The first kappa shape index (κ1) is 17.8. The van der Waals surface area contributed by atoms with E-state index in [1.807, 2.05) is 20.8 Å². The molecule has 130 valence electrons. The molecule has 1 saturated heterocycles. The number of carboxylic acid groups (broad SMARTS) is 1. The van der Waals surface area contributed by atoms with Crippen molar-refractivity contribution < 1.29 is 19.5 Å². The monoisotopic (exact) mass is 324 g/mol. The van der Waals surface area contributed by atoms with Gasteiger partial charge in [0.1, 0.15) is 6.04 Å². The highest BCUT2D eigenvalue weighted by Crippen LogP contribution is 2.28. The maximum Gasteiger partial charge on any atom is 0.306 e. The van der Waals surface area contributed by atoms with Crippen LogP contribution in [0.15, 0.2) is 0 Å². The largest absolute Gasteiger partial charge is 0.481 e. The summed E-state index contributed by atoms with van der Waals surface area (Å²) in [6.45, 7) is 6.68. The molecule has 2 rings (SSSR count). The van der Waals surface area contributed by atoms with Gasteiger partial charge in [-0.15, -0.1) is 0 Å². The number of nitrogens with one attached hydrogen (secondary N) is 1. The molecule has 0 radical (unpaired) electrons. The fraction of sp³-hybridized carbons (Fsp3) is 0.824. The molecular formula is C17H28N2O4. The third-order valence-corrected chi connectivity index (χ3v) is 4.69. The van der Waals surface area contributed by atoms with Crippen molar-refractivity contribution in [2.24, 2.45) is 11.3 Å². The average Bonchev–Trinajstić information content (AvgIpc) is 3.04. The molecule has 1 aliphatic carbocycles. The van der Waals surface area contributed by atoms with Gasteiger partial charge in [0.05, 0.1) is 5.92 Å². The second-order valence-corrected chi connectivity index (χ2v) is 8.04. The van der Waals surface area contributed by atoms with Crippen LogP contribution in [0.1, 0.15) is 59.3 Å². The normalized spacial score (nSPS) is 28.0. The molecular weight excluding hydrogens is 296 g/mol. The first-order valence-electron chi connectivity index (χ1n) is 8.50. The summed E-state index contributed by atoms with van der Waals surface area (Å²) in [5, 5.41) is 12.0. The van der Waals surface area contributed by atoms with E-state index in [0.29, 0.717) is 38.6 Å². The van der Waals surface area contributed by atoms with Crippen LogP contribution in [0.5, 0.6) is 0 Å². The highest BCUT2D eigenvalue weighted by Gasteiger charge is 2.37. The number of hydrogen-bond acceptors (Lipinski definition) is 3. The molecule has 1 aliphatic heterocycles. The fourth-order valence-electron chi connectivity index (χ4n) is 3.53. The number of rotatable bonds is 4. The maximum absolute atomic E-state index is 12.5. The summed E-state index contributed by atoms with van der Waals surface area (Å²) in [5.41, 5.74) is -0.0964. The molecule has 0 aromatic heterocycles. The summed E-state index contributed by atoms with van der Waals surface area (Å²) in [7, 11) is 0. The molecule has 2 aliphatic rings. The molecule has 0 bridgehead atoms. The number of carbonyl (C=O) groups is 3. The molecule has 0 unspecified atom stereocenters. The Labute approximate surface area is 137 Å². The first-order chi connectivity index (χ1) is 10.7. The molecule has 2 fully saturated rings. The molecule has 0 aromatic rings. The van der Waals surface area contributed by atoms with Gasteiger partial charge in [-0.2, -0.15) is 0 Å². The van der Waals surface area contributed by atoms with Crippen LogP contribution >= 0.6 is 0 Å². The number of amides is 2. The molecule has 6 nitrogen and oxygen atoms in total. The van der Waals surface area contributed by atoms with Crippen molar-refractivity contribution >= 4 is 17.8 Å². The summed E-state index contributed by atoms with van der Waals surface area (Å²) in [4.78, 5) is 37.6. The smallest absolute Gasteiger partial charge is 0.306 e. The lowest BCUT2D eigenvalue weighted by atomic mass is 9.91. The van der Waals surface area contributed by atoms with E-state index < -0.39 is 12.0 Å². The predicted molar refractivity (Wildman–Crippen MR) is 85.7 cm³/mol. The minimum Gasteiger partial charge on any atom is -0.481 e. The topological polar surface area (TPSA) is 86.7 Å². The van der Waals surface area contributed by atoms with Crippen LogP contribution in [0.3, 0.4) is 0 Å². The zero-order valence-corrected chi connectivity index (χ0v) is 14.3. The third kappa shape index (κ3) is 4.69. The van der Waals surface area contributed by atoms with Gasteiger partial charge in [0, 0.05) is 19.0 Å². The molecule has 2 N–H and O–H groups in total. The van der Waals surface area contributed by atoms with Gasteiger partial charge in [0.25, 0.3) is 0 Å². The van der Waals surface area contributed by atoms with E-state index in [0.717, 1.165) is 6.42 Å². The Kier molecular flexibility index (Phi) is 5.32. The summed E-state index contributed by atoms with van der Waals surface area (Å²) in [5.74, 6) is -1.24. The molecule has 6 heteroatoms. The Bertz CT molecular complexity index is 483. The second-order valence-electron chi connectivity index (χ2n) is 8.04. The van der Waals surface area contributed by atoms with Crippen LogP contribution in [-0.2, 0) is 14.4 Å². The number of carboxylic acids is 1. The molecule has 1 saturated carbocycles. The van der Waals surface area contributed by atoms with E-state index in [4.69, 9.17) is 5.11 Å². The van der Waals surface area contributed by atoms with Crippen LogP contribution in [0.2, 0.25) is 0 Å². The van der Waals surface area contributed by atoms with Gasteiger partial charge in [-0.3, -0.25) is 14.4 Å². The van der Waals surface area contributed by atoms with Gasteiger partial charge in [-0.1, -0.05) is 20.8 Å². The predicted octanol–water partition coefficient (Wildman–Crippen LogP) is 1.78. The van der Waals surface area contributed by atoms with Crippen LogP contribution in [0.25, 0.3) is 0 Å². The molecule has 0 aromatic carbocycles.